The molecule has 0 amide bonds. The molecule has 40 heavy (non-hydrogen) atoms. The van der Waals surface area contributed by atoms with Crippen molar-refractivity contribution in [3.8, 4) is 0 Å². The largest absolute Gasteiger partial charge is 0.472 e. The minimum Gasteiger partial charge on any atom is -0.472 e. The van der Waals surface area contributed by atoms with Crippen molar-refractivity contribution in [1.29, 1.82) is 0 Å². The zero-order valence-electron chi connectivity index (χ0n) is 23.1. The average Bonchev–Trinajstić information content (AvgIpc) is 3.57. The predicted octanol–water partition coefficient (Wildman–Crippen LogP) is 1.63. The van der Waals surface area contributed by atoms with Crippen LogP contribution in [-0.2, 0) is 38.1 Å². The summed E-state index contributed by atoms with van der Waals surface area (Å²) in [5.41, 5.74) is -7.83. The van der Waals surface area contributed by atoms with Gasteiger partial charge in [-0.2, -0.15) is 0 Å². The van der Waals surface area contributed by atoms with Gasteiger partial charge in [0, 0.05) is 47.0 Å². The number of hydrogen-bond acceptors (Lipinski definition) is 11. The second-order valence-corrected chi connectivity index (χ2v) is 13.5. The van der Waals surface area contributed by atoms with E-state index in [1.165, 1.54) is 19.5 Å². The van der Waals surface area contributed by atoms with Crippen LogP contribution in [0.25, 0.3) is 0 Å². The molecule has 6 aliphatic rings. The van der Waals surface area contributed by atoms with Gasteiger partial charge in [-0.1, -0.05) is 20.8 Å². The molecule has 4 saturated carbocycles. The van der Waals surface area contributed by atoms with Gasteiger partial charge in [0.1, 0.15) is 29.0 Å². The van der Waals surface area contributed by atoms with Crippen LogP contribution in [0.2, 0.25) is 0 Å². The highest BCUT2D eigenvalue weighted by atomic mass is 16.6. The molecule has 1 unspecified atom stereocenters. The molecule has 2 bridgehead atoms. The standard InChI is InChI=1S/C29H34O11/c1-13(30)39-27-12-24(2)19(17(32)23(34)36-5)26(27,4)15-6-8-25(3)22(14-7-9-37-11-14)38-16(31)10-28(25)29(15,35)20(27)18(40-28)21(24)33/h7,9,11,15,17-20,22,32,35H,6,8,10,12H2,1-5H3/t15-,17+,18+,19+,20+,22+,24-,25+,26-,27?,28-,29+/m1/s1. The number of aliphatic hydroxyl groups excluding tert-OH is 1. The van der Waals surface area contributed by atoms with Gasteiger partial charge in [0.2, 0.25) is 0 Å². The number of Topliss-reactive ketones (excluding diaryl/α,β-unsaturated/α-hetero) is 1. The van der Waals surface area contributed by atoms with Crippen molar-refractivity contribution in [3.05, 3.63) is 24.2 Å². The Hall–Kier alpha value is -2.76. The van der Waals surface area contributed by atoms with Gasteiger partial charge < -0.3 is 33.6 Å². The van der Waals surface area contributed by atoms with E-state index in [0.717, 1.165) is 7.11 Å². The molecular weight excluding hydrogens is 524 g/mol. The topological polar surface area (TPSA) is 159 Å². The minimum atomic E-state index is -1.83. The van der Waals surface area contributed by atoms with Gasteiger partial charge in [-0.3, -0.25) is 14.4 Å². The fraction of sp³-hybridized carbons (Fsp3) is 0.724. The maximum atomic E-state index is 14.5. The molecule has 3 heterocycles. The highest BCUT2D eigenvalue weighted by molar-refractivity contribution is 5.95. The van der Waals surface area contributed by atoms with E-state index in [-0.39, 0.29) is 12.8 Å². The van der Waals surface area contributed by atoms with E-state index in [1.54, 1.807) is 19.9 Å². The second kappa shape index (κ2) is 7.35. The number of aliphatic hydroxyl groups is 2. The summed E-state index contributed by atoms with van der Waals surface area (Å²) < 4.78 is 29.1. The van der Waals surface area contributed by atoms with Crippen LogP contribution in [0.5, 0.6) is 0 Å². The van der Waals surface area contributed by atoms with Gasteiger partial charge in [0.25, 0.3) is 0 Å². The summed E-state index contributed by atoms with van der Waals surface area (Å²) in [4.78, 5) is 53.4. The summed E-state index contributed by atoms with van der Waals surface area (Å²) >= 11 is 0. The number of ketones is 1. The SMILES string of the molecule is COC(=O)[C@@H](O)[C@@H]1[C@@]2(C)[C@H]3CC[C@@]4(C)[C@H](c5ccoc5)OC(=O)C[C@@]45O[C@@H]4C(=O)[C@]1(C)CC2(OC(C)=O)[C@H]4[C@@]35O. The number of furan rings is 1. The Labute approximate surface area is 230 Å². The molecule has 4 aliphatic carbocycles. The molecule has 1 aromatic heterocycles. The van der Waals surface area contributed by atoms with Gasteiger partial charge in [0.15, 0.2) is 11.9 Å². The summed E-state index contributed by atoms with van der Waals surface area (Å²) in [5, 5.41) is 24.7. The first kappa shape index (κ1) is 26.2. The third-order valence-corrected chi connectivity index (χ3v) is 12.2. The van der Waals surface area contributed by atoms with E-state index >= 15 is 0 Å². The first-order valence-electron chi connectivity index (χ1n) is 13.8. The quantitative estimate of drug-likeness (QED) is 0.409. The van der Waals surface area contributed by atoms with Crippen molar-refractivity contribution in [1.82, 2.24) is 0 Å². The van der Waals surface area contributed by atoms with E-state index in [9.17, 15) is 29.4 Å². The molecule has 216 valence electrons. The molecule has 0 aromatic carbocycles. The number of methoxy groups -OCH3 is 1. The molecule has 2 N–H and O–H groups in total. The number of carbonyl (C=O) groups is 4. The lowest BCUT2D eigenvalue weighted by molar-refractivity contribution is -0.295. The molecule has 7 rings (SSSR count). The van der Waals surface area contributed by atoms with Crippen LogP contribution < -0.4 is 0 Å². The Morgan fingerprint density at radius 3 is 2.55 bits per heavy atom. The fourth-order valence-corrected chi connectivity index (χ4v) is 11.2. The molecular formula is C29H34O11. The van der Waals surface area contributed by atoms with E-state index < -0.39 is 92.8 Å². The van der Waals surface area contributed by atoms with Crippen molar-refractivity contribution < 1.29 is 52.8 Å². The average molecular weight is 559 g/mol. The van der Waals surface area contributed by atoms with Crippen molar-refractivity contribution in [2.24, 2.45) is 34.0 Å². The highest BCUT2D eigenvalue weighted by Crippen LogP contribution is 2.86. The molecule has 6 fully saturated rings. The van der Waals surface area contributed by atoms with Gasteiger partial charge in [-0.15, -0.1) is 0 Å². The minimum absolute atomic E-state index is 0.000624. The van der Waals surface area contributed by atoms with Crippen molar-refractivity contribution in [2.45, 2.75) is 88.5 Å². The lowest BCUT2D eigenvalue weighted by Crippen LogP contribution is -2.72. The van der Waals surface area contributed by atoms with Gasteiger partial charge in [-0.05, 0) is 18.9 Å². The first-order valence-corrected chi connectivity index (χ1v) is 13.8. The zero-order valence-corrected chi connectivity index (χ0v) is 23.1. The third kappa shape index (κ3) is 2.36. The van der Waals surface area contributed by atoms with Crippen LogP contribution in [0.1, 0.15) is 65.0 Å². The molecule has 11 heteroatoms. The van der Waals surface area contributed by atoms with Crippen LogP contribution in [-0.4, -0.2) is 70.0 Å². The molecule has 1 aromatic rings. The number of ether oxygens (including phenoxy) is 4. The van der Waals surface area contributed by atoms with Crippen LogP contribution in [0, 0.1) is 34.0 Å². The van der Waals surface area contributed by atoms with E-state index in [2.05, 4.69) is 0 Å². The normalized spacial score (nSPS) is 52.1. The fourth-order valence-electron chi connectivity index (χ4n) is 11.2. The van der Waals surface area contributed by atoms with Crippen molar-refractivity contribution in [3.63, 3.8) is 0 Å². The van der Waals surface area contributed by atoms with Gasteiger partial charge in [0.05, 0.1) is 32.0 Å². The van der Waals surface area contributed by atoms with Crippen LogP contribution in [0.15, 0.2) is 23.0 Å². The monoisotopic (exact) mass is 558 g/mol. The Kier molecular flexibility index (Phi) is 4.81. The van der Waals surface area contributed by atoms with Gasteiger partial charge >= 0.3 is 17.9 Å². The Morgan fingerprint density at radius 2 is 1.93 bits per heavy atom. The number of esters is 3. The van der Waals surface area contributed by atoms with E-state index in [4.69, 9.17) is 23.4 Å². The number of rotatable bonds is 4. The van der Waals surface area contributed by atoms with Crippen LogP contribution >= 0.6 is 0 Å². The van der Waals surface area contributed by atoms with Crippen LogP contribution in [0.3, 0.4) is 0 Å². The molecule has 12 atom stereocenters. The Bertz CT molecular complexity index is 1360. The lowest BCUT2D eigenvalue weighted by atomic mass is 9.45. The molecule has 2 aliphatic heterocycles. The molecule has 1 spiro atoms. The third-order valence-electron chi connectivity index (χ3n) is 12.2. The summed E-state index contributed by atoms with van der Waals surface area (Å²) in [6.07, 6.45) is -0.337. The predicted molar refractivity (Wildman–Crippen MR) is 131 cm³/mol. The first-order chi connectivity index (χ1) is 18.7. The van der Waals surface area contributed by atoms with Crippen LogP contribution in [0.4, 0.5) is 0 Å². The lowest BCUT2D eigenvalue weighted by Gasteiger charge is -2.63. The molecule has 11 nitrogen and oxygen atoms in total. The maximum Gasteiger partial charge on any atom is 0.335 e. The molecule has 2 saturated heterocycles. The van der Waals surface area contributed by atoms with E-state index in [0.29, 0.717) is 18.4 Å². The summed E-state index contributed by atoms with van der Waals surface area (Å²) in [7, 11) is 1.16. The number of cyclic esters (lactones) is 1. The van der Waals surface area contributed by atoms with Crippen molar-refractivity contribution in [2.75, 3.05) is 7.11 Å². The Morgan fingerprint density at radius 1 is 1.20 bits per heavy atom. The smallest absolute Gasteiger partial charge is 0.335 e. The maximum absolute atomic E-state index is 14.5. The van der Waals surface area contributed by atoms with E-state index in [1.807, 2.05) is 6.92 Å². The molecule has 0 radical (unpaired) electrons. The van der Waals surface area contributed by atoms with Crippen molar-refractivity contribution >= 4 is 23.7 Å². The second-order valence-electron chi connectivity index (χ2n) is 13.5. The number of carbonyl (C=O) groups excluding carboxylic acids is 4. The summed E-state index contributed by atoms with van der Waals surface area (Å²) in [5.74, 6) is -5.28. The Balaban J connectivity index is 1.52. The highest BCUT2D eigenvalue weighted by Gasteiger charge is 2.96. The zero-order chi connectivity index (χ0) is 28.8. The summed E-state index contributed by atoms with van der Waals surface area (Å²) in [6.45, 7) is 6.64. The summed E-state index contributed by atoms with van der Waals surface area (Å²) in [6, 6.07) is 1.70. The number of fused-ring (bicyclic) bond motifs is 2. The number of hydrogen-bond donors (Lipinski definition) is 2. The van der Waals surface area contributed by atoms with Gasteiger partial charge in [-0.25, -0.2) is 4.79 Å².